The zero-order valence-corrected chi connectivity index (χ0v) is 8.55. The monoisotopic (exact) mass is 223 g/mol. The van der Waals surface area contributed by atoms with Crippen molar-refractivity contribution in [1.29, 1.82) is 0 Å². The molecule has 0 aliphatic rings. The molecular weight excluding hydrogens is 218 g/mol. The van der Waals surface area contributed by atoms with E-state index < -0.39 is 0 Å². The molecule has 3 rings (SSSR count). The number of nitrogens with two attached hydrogens (primary N) is 1. The van der Waals surface area contributed by atoms with Crippen molar-refractivity contribution in [3.63, 3.8) is 0 Å². The number of anilines is 1. The van der Waals surface area contributed by atoms with Crippen molar-refractivity contribution < 1.29 is 0 Å². The molecule has 0 saturated carbocycles. The Morgan fingerprint density at radius 2 is 2.36 bits per heavy atom. The first kappa shape index (κ1) is 7.89. The Balaban J connectivity index is 2.23. The van der Waals surface area contributed by atoms with Crippen molar-refractivity contribution in [2.45, 2.75) is 0 Å². The van der Waals surface area contributed by atoms with Gasteiger partial charge in [-0.15, -0.1) is 21.5 Å². The van der Waals surface area contributed by atoms with Crippen LogP contribution in [-0.4, -0.2) is 19.8 Å². The van der Waals surface area contributed by atoms with E-state index >= 15 is 0 Å². The third kappa shape index (κ3) is 1.03. The number of hydrogen-bond donors (Lipinski definition) is 1. The van der Waals surface area contributed by atoms with Crippen molar-refractivity contribution in [3.8, 4) is 9.88 Å². The number of aromatic nitrogens is 4. The van der Waals surface area contributed by atoms with Gasteiger partial charge < -0.3 is 5.73 Å². The smallest absolute Gasteiger partial charge is 0.234 e. The average molecular weight is 223 g/mol. The summed E-state index contributed by atoms with van der Waals surface area (Å²) in [6.07, 6.45) is 1.58. The minimum Gasteiger partial charge on any atom is -0.397 e. The van der Waals surface area contributed by atoms with E-state index in [4.69, 9.17) is 5.73 Å². The molecule has 0 amide bonds. The molecule has 5 nitrogen and oxygen atoms in total. The van der Waals surface area contributed by atoms with Crippen LogP contribution in [0, 0.1) is 0 Å². The molecule has 0 aliphatic heterocycles. The zero-order valence-electron chi connectivity index (χ0n) is 6.91. The highest BCUT2D eigenvalue weighted by Crippen LogP contribution is 2.33. The van der Waals surface area contributed by atoms with Crippen LogP contribution in [0.5, 0.6) is 0 Å². The lowest BCUT2D eigenvalue weighted by atomic mass is 10.4. The predicted molar refractivity (Wildman–Crippen MR) is 56.4 cm³/mol. The van der Waals surface area contributed by atoms with E-state index in [-0.39, 0.29) is 0 Å². The van der Waals surface area contributed by atoms with Gasteiger partial charge in [-0.1, -0.05) is 11.3 Å². The molecule has 3 aromatic rings. The number of thiophene rings is 1. The topological polar surface area (TPSA) is 69.1 Å². The van der Waals surface area contributed by atoms with Crippen LogP contribution >= 0.6 is 22.7 Å². The summed E-state index contributed by atoms with van der Waals surface area (Å²) in [5, 5.41) is 14.8. The lowest BCUT2D eigenvalue weighted by Crippen LogP contribution is -1.85. The van der Waals surface area contributed by atoms with Gasteiger partial charge in [-0.3, -0.25) is 0 Å². The summed E-state index contributed by atoms with van der Waals surface area (Å²) in [5.41, 5.74) is 6.56. The van der Waals surface area contributed by atoms with Crippen LogP contribution < -0.4 is 5.73 Å². The zero-order chi connectivity index (χ0) is 9.54. The van der Waals surface area contributed by atoms with Crippen LogP contribution in [0.2, 0.25) is 0 Å². The highest BCUT2D eigenvalue weighted by molar-refractivity contribution is 7.24. The maximum atomic E-state index is 5.79. The van der Waals surface area contributed by atoms with Gasteiger partial charge in [-0.05, 0) is 11.4 Å². The molecule has 0 spiro atoms. The van der Waals surface area contributed by atoms with Crippen LogP contribution in [-0.2, 0) is 0 Å². The van der Waals surface area contributed by atoms with Crippen molar-refractivity contribution >= 4 is 33.3 Å². The SMILES string of the molecule is Nc1ccsc1-c1nn2cnnc2s1. The largest absolute Gasteiger partial charge is 0.397 e. The third-order valence-electron chi connectivity index (χ3n) is 1.78. The molecule has 70 valence electrons. The van der Waals surface area contributed by atoms with E-state index in [9.17, 15) is 0 Å². The lowest BCUT2D eigenvalue weighted by molar-refractivity contribution is 0.961. The fourth-order valence-corrected chi connectivity index (χ4v) is 2.89. The molecule has 0 saturated heterocycles. The normalized spacial score (nSPS) is 11.1. The van der Waals surface area contributed by atoms with E-state index in [1.165, 1.54) is 11.3 Å². The van der Waals surface area contributed by atoms with Crippen molar-refractivity contribution in [2.75, 3.05) is 5.73 Å². The molecule has 0 fully saturated rings. The van der Waals surface area contributed by atoms with Gasteiger partial charge in [0, 0.05) is 0 Å². The standard InChI is InChI=1S/C7H5N5S2/c8-4-1-2-13-5(4)6-11-12-3-9-10-7(12)14-6/h1-3H,8H2. The summed E-state index contributed by atoms with van der Waals surface area (Å²) < 4.78 is 1.65. The summed E-state index contributed by atoms with van der Waals surface area (Å²) in [6.45, 7) is 0. The molecule has 0 bridgehead atoms. The Morgan fingerprint density at radius 3 is 3.07 bits per heavy atom. The predicted octanol–water partition coefficient (Wildman–Crippen LogP) is 1.50. The van der Waals surface area contributed by atoms with Crippen LogP contribution in [0.3, 0.4) is 0 Å². The van der Waals surface area contributed by atoms with E-state index in [2.05, 4.69) is 15.3 Å². The second-order valence-corrected chi connectivity index (χ2v) is 4.54. The quantitative estimate of drug-likeness (QED) is 0.678. The third-order valence-corrected chi connectivity index (χ3v) is 3.77. The first-order chi connectivity index (χ1) is 6.84. The number of hydrogen-bond acceptors (Lipinski definition) is 6. The Morgan fingerprint density at radius 1 is 1.43 bits per heavy atom. The van der Waals surface area contributed by atoms with E-state index in [1.807, 2.05) is 11.4 Å². The van der Waals surface area contributed by atoms with Gasteiger partial charge in [-0.2, -0.15) is 9.61 Å². The van der Waals surface area contributed by atoms with Gasteiger partial charge >= 0.3 is 0 Å². The Hall–Kier alpha value is -1.47. The molecule has 3 heterocycles. The number of rotatable bonds is 1. The van der Waals surface area contributed by atoms with Gasteiger partial charge in [0.25, 0.3) is 0 Å². The maximum Gasteiger partial charge on any atom is 0.234 e. The Kier molecular flexibility index (Phi) is 1.55. The lowest BCUT2D eigenvalue weighted by Gasteiger charge is -1.89. The van der Waals surface area contributed by atoms with E-state index in [1.54, 1.807) is 22.2 Å². The van der Waals surface area contributed by atoms with Gasteiger partial charge in [0.1, 0.15) is 6.33 Å². The average Bonchev–Trinajstić information content (AvgIpc) is 2.75. The molecule has 7 heteroatoms. The number of fused-ring (bicyclic) bond motifs is 1. The highest BCUT2D eigenvalue weighted by atomic mass is 32.1. The summed E-state index contributed by atoms with van der Waals surface area (Å²) in [5.74, 6) is 0. The first-order valence-electron chi connectivity index (χ1n) is 3.85. The summed E-state index contributed by atoms with van der Waals surface area (Å²) >= 11 is 3.07. The molecule has 2 N–H and O–H groups in total. The molecule has 3 aromatic heterocycles. The Bertz CT molecular complexity index is 549. The molecule has 0 radical (unpaired) electrons. The fraction of sp³-hybridized carbons (Fsp3) is 0. The van der Waals surface area contributed by atoms with Crippen molar-refractivity contribution in [2.24, 2.45) is 0 Å². The Labute approximate surface area is 86.8 Å². The van der Waals surface area contributed by atoms with Crippen LogP contribution in [0.15, 0.2) is 17.8 Å². The molecule has 0 aliphatic carbocycles. The number of nitrogen functional groups attached to an aromatic ring is 1. The number of nitrogens with zero attached hydrogens (tertiary/aromatic N) is 4. The molecule has 0 atom stereocenters. The molecule has 0 unspecified atom stereocenters. The minimum atomic E-state index is 0.764. The summed E-state index contributed by atoms with van der Waals surface area (Å²) in [4.78, 5) is 1.79. The van der Waals surface area contributed by atoms with Gasteiger partial charge in [0.15, 0.2) is 5.01 Å². The van der Waals surface area contributed by atoms with E-state index in [0.717, 1.165) is 20.5 Å². The second-order valence-electron chi connectivity index (χ2n) is 2.67. The maximum absolute atomic E-state index is 5.79. The summed E-state index contributed by atoms with van der Waals surface area (Å²) in [7, 11) is 0. The van der Waals surface area contributed by atoms with Crippen LogP contribution in [0.25, 0.3) is 14.8 Å². The molecule has 14 heavy (non-hydrogen) atoms. The van der Waals surface area contributed by atoms with Crippen LogP contribution in [0.4, 0.5) is 5.69 Å². The summed E-state index contributed by atoms with van der Waals surface area (Å²) in [6, 6.07) is 1.88. The van der Waals surface area contributed by atoms with E-state index in [0.29, 0.717) is 0 Å². The molecular formula is C7H5N5S2. The fourth-order valence-electron chi connectivity index (χ4n) is 1.14. The van der Waals surface area contributed by atoms with Crippen molar-refractivity contribution in [1.82, 2.24) is 19.8 Å². The van der Waals surface area contributed by atoms with Crippen LogP contribution in [0.1, 0.15) is 0 Å². The van der Waals surface area contributed by atoms with Crippen molar-refractivity contribution in [3.05, 3.63) is 17.8 Å². The highest BCUT2D eigenvalue weighted by Gasteiger charge is 2.11. The minimum absolute atomic E-state index is 0.764. The van der Waals surface area contributed by atoms with Gasteiger partial charge in [0.05, 0.1) is 10.6 Å². The molecule has 0 aromatic carbocycles. The van der Waals surface area contributed by atoms with Gasteiger partial charge in [-0.25, -0.2) is 0 Å². The first-order valence-corrected chi connectivity index (χ1v) is 5.54. The van der Waals surface area contributed by atoms with Gasteiger partial charge in [0.2, 0.25) is 4.96 Å². The second kappa shape index (κ2) is 2.76.